The van der Waals surface area contributed by atoms with Gasteiger partial charge in [-0.05, 0) is 38.0 Å². The maximum atomic E-state index is 11.6. The number of carbonyl (C=O) groups excluding carboxylic acids is 2. The summed E-state index contributed by atoms with van der Waals surface area (Å²) in [6.07, 6.45) is 0.864. The van der Waals surface area contributed by atoms with Gasteiger partial charge in [-0.2, -0.15) is 0 Å². The molecule has 0 radical (unpaired) electrons. The van der Waals surface area contributed by atoms with E-state index in [2.05, 4.69) is 4.74 Å². The van der Waals surface area contributed by atoms with E-state index >= 15 is 0 Å². The highest BCUT2D eigenvalue weighted by Crippen LogP contribution is 2.13. The van der Waals surface area contributed by atoms with Crippen LogP contribution in [-0.2, 0) is 20.7 Å². The first-order valence-electron chi connectivity index (χ1n) is 5.91. The SMILES string of the molecule is CCOC(=O)c1cc(C)cc(CCC(=O)OC)c1. The maximum absolute atomic E-state index is 11.6. The lowest BCUT2D eigenvalue weighted by Gasteiger charge is -2.07. The average Bonchev–Trinajstić information content (AvgIpc) is 2.35. The standard InChI is InChI=1S/C14H18O4/c1-4-18-14(16)12-8-10(2)7-11(9-12)5-6-13(15)17-3/h7-9H,4-6H2,1-3H3. The molecule has 0 spiro atoms. The van der Waals surface area contributed by atoms with Crippen LogP contribution in [0.25, 0.3) is 0 Å². The van der Waals surface area contributed by atoms with Crippen LogP contribution in [0.5, 0.6) is 0 Å². The Hall–Kier alpha value is -1.84. The minimum absolute atomic E-state index is 0.255. The first kappa shape index (κ1) is 14.2. The molecule has 0 N–H and O–H groups in total. The maximum Gasteiger partial charge on any atom is 0.338 e. The minimum atomic E-state index is -0.333. The Labute approximate surface area is 107 Å². The summed E-state index contributed by atoms with van der Waals surface area (Å²) in [5.41, 5.74) is 2.43. The number of benzene rings is 1. The largest absolute Gasteiger partial charge is 0.469 e. The molecule has 0 bridgehead atoms. The molecule has 4 nitrogen and oxygen atoms in total. The van der Waals surface area contributed by atoms with Crippen molar-refractivity contribution in [2.45, 2.75) is 26.7 Å². The number of esters is 2. The van der Waals surface area contributed by atoms with E-state index in [4.69, 9.17) is 4.74 Å². The molecule has 1 aromatic rings. The highest BCUT2D eigenvalue weighted by atomic mass is 16.5. The van der Waals surface area contributed by atoms with Crippen LogP contribution in [0.4, 0.5) is 0 Å². The topological polar surface area (TPSA) is 52.6 Å². The van der Waals surface area contributed by atoms with Crippen molar-refractivity contribution in [1.82, 2.24) is 0 Å². The highest BCUT2D eigenvalue weighted by molar-refractivity contribution is 5.89. The van der Waals surface area contributed by atoms with E-state index in [-0.39, 0.29) is 11.9 Å². The van der Waals surface area contributed by atoms with Crippen LogP contribution in [0.1, 0.15) is 34.8 Å². The average molecular weight is 250 g/mol. The van der Waals surface area contributed by atoms with Crippen molar-refractivity contribution in [3.63, 3.8) is 0 Å². The zero-order valence-corrected chi connectivity index (χ0v) is 11.0. The Morgan fingerprint density at radius 2 is 1.94 bits per heavy atom. The second-order valence-corrected chi connectivity index (χ2v) is 4.00. The quantitative estimate of drug-likeness (QED) is 0.752. The molecule has 0 amide bonds. The van der Waals surface area contributed by atoms with Crippen molar-refractivity contribution in [3.05, 3.63) is 34.9 Å². The molecular weight excluding hydrogens is 232 g/mol. The number of hydrogen-bond donors (Lipinski definition) is 0. The number of methoxy groups -OCH3 is 1. The molecule has 0 aliphatic rings. The summed E-state index contributed by atoms with van der Waals surface area (Å²) in [7, 11) is 1.36. The minimum Gasteiger partial charge on any atom is -0.469 e. The summed E-state index contributed by atoms with van der Waals surface area (Å²) >= 11 is 0. The molecule has 4 heteroatoms. The van der Waals surface area contributed by atoms with E-state index in [0.29, 0.717) is 25.0 Å². The van der Waals surface area contributed by atoms with Crippen molar-refractivity contribution >= 4 is 11.9 Å². The van der Waals surface area contributed by atoms with E-state index in [1.54, 1.807) is 19.1 Å². The van der Waals surface area contributed by atoms with Gasteiger partial charge >= 0.3 is 11.9 Å². The fourth-order valence-corrected chi connectivity index (χ4v) is 1.69. The van der Waals surface area contributed by atoms with Crippen LogP contribution >= 0.6 is 0 Å². The molecule has 0 aliphatic carbocycles. The van der Waals surface area contributed by atoms with Gasteiger partial charge in [-0.25, -0.2) is 4.79 Å². The number of ether oxygens (including phenoxy) is 2. The molecule has 0 atom stereocenters. The summed E-state index contributed by atoms with van der Waals surface area (Å²) in [4.78, 5) is 22.7. The van der Waals surface area contributed by atoms with Gasteiger partial charge in [-0.15, -0.1) is 0 Å². The van der Waals surface area contributed by atoms with Crippen LogP contribution in [0.3, 0.4) is 0 Å². The molecule has 18 heavy (non-hydrogen) atoms. The first-order valence-corrected chi connectivity index (χ1v) is 5.91. The van der Waals surface area contributed by atoms with Gasteiger partial charge in [-0.3, -0.25) is 4.79 Å². The van der Waals surface area contributed by atoms with E-state index in [1.807, 2.05) is 13.0 Å². The smallest absolute Gasteiger partial charge is 0.338 e. The predicted molar refractivity (Wildman–Crippen MR) is 67.5 cm³/mol. The second-order valence-electron chi connectivity index (χ2n) is 4.00. The Kier molecular flexibility index (Phi) is 5.36. The Morgan fingerprint density at radius 3 is 2.56 bits per heavy atom. The Morgan fingerprint density at radius 1 is 1.22 bits per heavy atom. The third kappa shape index (κ3) is 4.20. The van der Waals surface area contributed by atoms with Gasteiger partial charge in [0.25, 0.3) is 0 Å². The molecule has 0 unspecified atom stereocenters. The molecule has 98 valence electrons. The molecule has 0 fully saturated rings. The van der Waals surface area contributed by atoms with Gasteiger partial charge in [0.05, 0.1) is 19.3 Å². The first-order chi connectivity index (χ1) is 8.56. The van der Waals surface area contributed by atoms with E-state index in [0.717, 1.165) is 11.1 Å². The number of carbonyl (C=O) groups is 2. The summed E-state index contributed by atoms with van der Waals surface area (Å²) in [6, 6.07) is 5.49. The molecule has 1 aromatic carbocycles. The Bertz CT molecular complexity index is 437. The number of aryl methyl sites for hydroxylation is 2. The van der Waals surface area contributed by atoms with Crippen LogP contribution in [0, 0.1) is 6.92 Å². The normalized spacial score (nSPS) is 9.94. The monoisotopic (exact) mass is 250 g/mol. The number of rotatable bonds is 5. The van der Waals surface area contributed by atoms with Crippen molar-refractivity contribution in [2.24, 2.45) is 0 Å². The Balaban J connectivity index is 2.80. The van der Waals surface area contributed by atoms with Crippen molar-refractivity contribution < 1.29 is 19.1 Å². The van der Waals surface area contributed by atoms with Crippen molar-refractivity contribution in [3.8, 4) is 0 Å². The van der Waals surface area contributed by atoms with E-state index < -0.39 is 0 Å². The lowest BCUT2D eigenvalue weighted by atomic mass is 10.0. The molecule has 0 saturated heterocycles. The molecule has 0 heterocycles. The second kappa shape index (κ2) is 6.79. The van der Waals surface area contributed by atoms with E-state index in [1.165, 1.54) is 7.11 Å². The fourth-order valence-electron chi connectivity index (χ4n) is 1.69. The molecule has 0 saturated carbocycles. The summed E-state index contributed by atoms with van der Waals surface area (Å²) in [6.45, 7) is 4.03. The summed E-state index contributed by atoms with van der Waals surface area (Å²) < 4.78 is 9.54. The number of hydrogen-bond acceptors (Lipinski definition) is 4. The third-order valence-electron chi connectivity index (χ3n) is 2.49. The van der Waals surface area contributed by atoms with Gasteiger partial charge < -0.3 is 9.47 Å². The molecular formula is C14H18O4. The van der Waals surface area contributed by atoms with Gasteiger partial charge in [0, 0.05) is 6.42 Å². The lowest BCUT2D eigenvalue weighted by molar-refractivity contribution is -0.140. The van der Waals surface area contributed by atoms with Crippen LogP contribution in [0.15, 0.2) is 18.2 Å². The van der Waals surface area contributed by atoms with Crippen molar-refractivity contribution in [1.29, 1.82) is 0 Å². The summed E-state index contributed by atoms with van der Waals surface area (Å²) in [5, 5.41) is 0. The molecule has 0 aromatic heterocycles. The van der Waals surface area contributed by atoms with Gasteiger partial charge in [0.15, 0.2) is 0 Å². The van der Waals surface area contributed by atoms with Crippen LogP contribution < -0.4 is 0 Å². The van der Waals surface area contributed by atoms with Gasteiger partial charge in [0.1, 0.15) is 0 Å². The predicted octanol–water partition coefficient (Wildman–Crippen LogP) is 2.28. The summed E-state index contributed by atoms with van der Waals surface area (Å²) in [5.74, 6) is -0.588. The van der Waals surface area contributed by atoms with Crippen molar-refractivity contribution in [2.75, 3.05) is 13.7 Å². The van der Waals surface area contributed by atoms with Gasteiger partial charge in [0.2, 0.25) is 0 Å². The van der Waals surface area contributed by atoms with Crippen LogP contribution in [0.2, 0.25) is 0 Å². The van der Waals surface area contributed by atoms with E-state index in [9.17, 15) is 9.59 Å². The van der Waals surface area contributed by atoms with Crippen LogP contribution in [-0.4, -0.2) is 25.7 Å². The fraction of sp³-hybridized carbons (Fsp3) is 0.429. The molecule has 1 rings (SSSR count). The zero-order chi connectivity index (χ0) is 13.5. The zero-order valence-electron chi connectivity index (χ0n) is 11.0. The van der Waals surface area contributed by atoms with Gasteiger partial charge in [-0.1, -0.05) is 11.6 Å². The highest BCUT2D eigenvalue weighted by Gasteiger charge is 2.09. The molecule has 0 aliphatic heterocycles. The third-order valence-corrected chi connectivity index (χ3v) is 2.49. The lowest BCUT2D eigenvalue weighted by Crippen LogP contribution is -2.07.